The number of aryl methyl sites for hydroxylation is 1. The molecular formula is C12H19N3O. The maximum absolute atomic E-state index is 6.09. The van der Waals surface area contributed by atoms with Crippen molar-refractivity contribution in [2.24, 2.45) is 0 Å². The minimum Gasteiger partial charge on any atom is -0.396 e. The summed E-state index contributed by atoms with van der Waals surface area (Å²) in [6.45, 7) is 8.59. The van der Waals surface area contributed by atoms with Gasteiger partial charge in [-0.15, -0.1) is 0 Å². The Bertz CT molecular complexity index is 390. The molecule has 0 aromatic carbocycles. The Hall–Kier alpha value is -1.29. The summed E-state index contributed by atoms with van der Waals surface area (Å²) in [5, 5.41) is 0. The van der Waals surface area contributed by atoms with Gasteiger partial charge in [-0.3, -0.25) is 0 Å². The third kappa shape index (κ3) is 1.85. The van der Waals surface area contributed by atoms with Crippen LogP contribution in [-0.4, -0.2) is 30.3 Å². The molecule has 4 nitrogen and oxygen atoms in total. The Labute approximate surface area is 96.4 Å². The van der Waals surface area contributed by atoms with Gasteiger partial charge in [0.2, 0.25) is 0 Å². The van der Waals surface area contributed by atoms with Gasteiger partial charge in [0.15, 0.2) is 5.82 Å². The average molecular weight is 221 g/mol. The second kappa shape index (κ2) is 3.94. The Morgan fingerprint density at radius 2 is 2.25 bits per heavy atom. The van der Waals surface area contributed by atoms with E-state index < -0.39 is 0 Å². The number of rotatable bonds is 1. The van der Waals surface area contributed by atoms with Crippen LogP contribution in [0.2, 0.25) is 0 Å². The molecule has 0 radical (unpaired) electrons. The van der Waals surface area contributed by atoms with Crippen LogP contribution in [0.5, 0.6) is 0 Å². The fourth-order valence-electron chi connectivity index (χ4n) is 2.02. The van der Waals surface area contributed by atoms with Crippen LogP contribution in [0, 0.1) is 6.92 Å². The summed E-state index contributed by atoms with van der Waals surface area (Å²) in [5.74, 6) is 0.883. The largest absolute Gasteiger partial charge is 0.396 e. The van der Waals surface area contributed by atoms with Crippen molar-refractivity contribution in [3.05, 3.63) is 17.8 Å². The van der Waals surface area contributed by atoms with E-state index in [0.717, 1.165) is 30.2 Å². The summed E-state index contributed by atoms with van der Waals surface area (Å²) in [4.78, 5) is 6.64. The molecule has 1 fully saturated rings. The topological polar surface area (TPSA) is 51.4 Å². The Kier molecular flexibility index (Phi) is 2.76. The van der Waals surface area contributed by atoms with Gasteiger partial charge in [-0.2, -0.15) is 0 Å². The second-order valence-corrected chi connectivity index (χ2v) is 4.88. The highest BCUT2D eigenvalue weighted by atomic mass is 16.5. The van der Waals surface area contributed by atoms with Gasteiger partial charge in [-0.1, -0.05) is 0 Å². The quantitative estimate of drug-likeness (QED) is 0.782. The number of nitrogens with zero attached hydrogens (tertiary/aromatic N) is 2. The zero-order valence-corrected chi connectivity index (χ0v) is 10.2. The lowest BCUT2D eigenvalue weighted by atomic mass is 10.0. The molecule has 4 heteroatoms. The van der Waals surface area contributed by atoms with Crippen molar-refractivity contribution < 1.29 is 4.74 Å². The summed E-state index contributed by atoms with van der Waals surface area (Å²) in [6, 6.07) is 1.94. The molecule has 1 aliphatic rings. The predicted molar refractivity (Wildman–Crippen MR) is 65.6 cm³/mol. The molecule has 2 N–H and O–H groups in total. The molecule has 0 unspecified atom stereocenters. The van der Waals surface area contributed by atoms with E-state index in [1.807, 2.05) is 19.2 Å². The van der Waals surface area contributed by atoms with Crippen LogP contribution < -0.4 is 10.6 Å². The van der Waals surface area contributed by atoms with Gasteiger partial charge in [0, 0.05) is 12.7 Å². The Morgan fingerprint density at radius 3 is 2.94 bits per heavy atom. The van der Waals surface area contributed by atoms with Crippen LogP contribution in [0.25, 0.3) is 0 Å². The van der Waals surface area contributed by atoms with E-state index in [1.165, 1.54) is 0 Å². The molecule has 0 amide bonds. The molecule has 0 saturated carbocycles. The molecule has 0 spiro atoms. The van der Waals surface area contributed by atoms with Crippen LogP contribution in [0.1, 0.15) is 19.4 Å². The average Bonchev–Trinajstić information content (AvgIpc) is 2.22. The van der Waals surface area contributed by atoms with Crippen LogP contribution in [0.4, 0.5) is 11.5 Å². The van der Waals surface area contributed by atoms with Crippen molar-refractivity contribution in [2.75, 3.05) is 30.4 Å². The van der Waals surface area contributed by atoms with Crippen LogP contribution in [0.15, 0.2) is 12.3 Å². The van der Waals surface area contributed by atoms with E-state index in [-0.39, 0.29) is 5.54 Å². The van der Waals surface area contributed by atoms with Crippen molar-refractivity contribution in [1.82, 2.24) is 4.98 Å². The number of morpholine rings is 1. The van der Waals surface area contributed by atoms with Gasteiger partial charge in [0.05, 0.1) is 24.4 Å². The highest BCUT2D eigenvalue weighted by Gasteiger charge is 2.32. The van der Waals surface area contributed by atoms with Gasteiger partial charge in [0.25, 0.3) is 0 Å². The summed E-state index contributed by atoms with van der Waals surface area (Å²) in [5.41, 5.74) is 7.89. The molecule has 0 bridgehead atoms. The summed E-state index contributed by atoms with van der Waals surface area (Å²) in [6.07, 6.45) is 1.81. The first kappa shape index (κ1) is 11.2. The standard InChI is InChI=1S/C12H19N3O/c1-9-4-5-14-11(10(9)13)15-6-7-16-8-12(15,2)3/h4-5H,6-8,13H2,1-3H3. The smallest absolute Gasteiger partial charge is 0.152 e. The SMILES string of the molecule is Cc1ccnc(N2CCOCC2(C)C)c1N. The first-order valence-electron chi connectivity index (χ1n) is 5.59. The first-order valence-corrected chi connectivity index (χ1v) is 5.59. The monoisotopic (exact) mass is 221 g/mol. The third-order valence-corrected chi connectivity index (χ3v) is 3.09. The molecule has 1 aromatic rings. The normalized spacial score (nSPS) is 19.8. The van der Waals surface area contributed by atoms with Gasteiger partial charge >= 0.3 is 0 Å². The van der Waals surface area contributed by atoms with Gasteiger partial charge in [-0.25, -0.2) is 4.98 Å². The lowest BCUT2D eigenvalue weighted by Crippen LogP contribution is -2.53. The van der Waals surface area contributed by atoms with Crippen LogP contribution in [0.3, 0.4) is 0 Å². The summed E-state index contributed by atoms with van der Waals surface area (Å²) >= 11 is 0. The highest BCUT2D eigenvalue weighted by molar-refractivity contribution is 5.67. The molecule has 0 atom stereocenters. The lowest BCUT2D eigenvalue weighted by Gasteiger charge is -2.43. The fraction of sp³-hybridized carbons (Fsp3) is 0.583. The number of nitrogen functional groups attached to an aromatic ring is 1. The van der Waals surface area contributed by atoms with E-state index in [1.54, 1.807) is 0 Å². The molecule has 2 heterocycles. The van der Waals surface area contributed by atoms with Gasteiger partial charge < -0.3 is 15.4 Å². The third-order valence-electron chi connectivity index (χ3n) is 3.09. The zero-order chi connectivity index (χ0) is 11.8. The summed E-state index contributed by atoms with van der Waals surface area (Å²) in [7, 11) is 0. The van der Waals surface area contributed by atoms with Gasteiger partial charge in [-0.05, 0) is 32.4 Å². The van der Waals surface area contributed by atoms with Crippen LogP contribution in [-0.2, 0) is 4.74 Å². The Morgan fingerprint density at radius 1 is 1.50 bits per heavy atom. The van der Waals surface area contributed by atoms with Crippen molar-refractivity contribution in [3.8, 4) is 0 Å². The number of pyridine rings is 1. The summed E-state index contributed by atoms with van der Waals surface area (Å²) < 4.78 is 5.50. The maximum Gasteiger partial charge on any atom is 0.152 e. The predicted octanol–water partition coefficient (Wildman–Crippen LogP) is 1.59. The minimum absolute atomic E-state index is 0.0484. The number of aromatic nitrogens is 1. The van der Waals surface area contributed by atoms with E-state index in [9.17, 15) is 0 Å². The number of ether oxygens (including phenoxy) is 1. The lowest BCUT2D eigenvalue weighted by molar-refractivity contribution is 0.0640. The number of nitrogens with two attached hydrogens (primary N) is 1. The molecule has 1 aromatic heterocycles. The molecule has 1 aliphatic heterocycles. The maximum atomic E-state index is 6.09. The zero-order valence-electron chi connectivity index (χ0n) is 10.2. The molecule has 2 rings (SSSR count). The van der Waals surface area contributed by atoms with Crippen molar-refractivity contribution >= 4 is 11.5 Å². The first-order chi connectivity index (χ1) is 7.52. The molecule has 0 aliphatic carbocycles. The Balaban J connectivity index is 2.39. The number of anilines is 2. The van der Waals surface area contributed by atoms with Crippen LogP contribution >= 0.6 is 0 Å². The molecule has 16 heavy (non-hydrogen) atoms. The van der Waals surface area contributed by atoms with E-state index in [4.69, 9.17) is 10.5 Å². The number of hydrogen-bond acceptors (Lipinski definition) is 4. The molecule has 1 saturated heterocycles. The molecule has 88 valence electrons. The number of hydrogen-bond donors (Lipinski definition) is 1. The van der Waals surface area contributed by atoms with Crippen molar-refractivity contribution in [3.63, 3.8) is 0 Å². The van der Waals surface area contributed by atoms with Crippen molar-refractivity contribution in [2.45, 2.75) is 26.3 Å². The minimum atomic E-state index is -0.0484. The molecular weight excluding hydrogens is 202 g/mol. The van der Waals surface area contributed by atoms with E-state index in [0.29, 0.717) is 6.61 Å². The van der Waals surface area contributed by atoms with E-state index in [2.05, 4.69) is 23.7 Å². The fourth-order valence-corrected chi connectivity index (χ4v) is 2.02. The van der Waals surface area contributed by atoms with Crippen molar-refractivity contribution in [1.29, 1.82) is 0 Å². The van der Waals surface area contributed by atoms with E-state index >= 15 is 0 Å². The second-order valence-electron chi connectivity index (χ2n) is 4.88. The highest BCUT2D eigenvalue weighted by Crippen LogP contribution is 2.30. The van der Waals surface area contributed by atoms with Gasteiger partial charge in [0.1, 0.15) is 0 Å².